The summed E-state index contributed by atoms with van der Waals surface area (Å²) in [5.41, 5.74) is 0.470. The largest absolute Gasteiger partial charge is 0.451 e. The van der Waals surface area contributed by atoms with Crippen LogP contribution in [0.25, 0.3) is 0 Å². The molecule has 6 nitrogen and oxygen atoms in total. The summed E-state index contributed by atoms with van der Waals surface area (Å²) in [6.45, 7) is 7.35. The molecule has 1 fully saturated rings. The fraction of sp³-hybridized carbons (Fsp3) is 0.591. The van der Waals surface area contributed by atoms with E-state index in [9.17, 15) is 14.4 Å². The van der Waals surface area contributed by atoms with Gasteiger partial charge in [-0.25, -0.2) is 4.79 Å². The van der Waals surface area contributed by atoms with Crippen molar-refractivity contribution in [3.8, 4) is 0 Å². The fourth-order valence-electron chi connectivity index (χ4n) is 3.44. The van der Waals surface area contributed by atoms with Crippen LogP contribution in [0.3, 0.4) is 0 Å². The highest BCUT2D eigenvalue weighted by Crippen LogP contribution is 2.23. The van der Waals surface area contributed by atoms with E-state index >= 15 is 0 Å². The normalized spacial score (nSPS) is 21.5. The number of hydrogen-bond acceptors (Lipinski definition) is 4. The van der Waals surface area contributed by atoms with E-state index in [-0.39, 0.29) is 23.8 Å². The minimum Gasteiger partial charge on any atom is -0.451 e. The molecule has 0 bridgehead atoms. The van der Waals surface area contributed by atoms with Crippen LogP contribution >= 0.6 is 0 Å². The predicted molar refractivity (Wildman–Crippen MR) is 108 cm³/mol. The van der Waals surface area contributed by atoms with E-state index in [1.54, 1.807) is 31.2 Å². The van der Waals surface area contributed by atoms with Gasteiger partial charge in [-0.2, -0.15) is 0 Å². The summed E-state index contributed by atoms with van der Waals surface area (Å²) in [4.78, 5) is 37.4. The van der Waals surface area contributed by atoms with Crippen LogP contribution in [0.2, 0.25) is 0 Å². The Hall–Kier alpha value is -2.37. The molecular formula is C22H32N2O4. The Balaban J connectivity index is 1.93. The number of carbonyl (C=O) groups is 3. The number of amides is 2. The van der Waals surface area contributed by atoms with Crippen LogP contribution in [0.15, 0.2) is 30.3 Å². The minimum absolute atomic E-state index is 0.126. The molecule has 4 unspecified atom stereocenters. The molecule has 0 aromatic heterocycles. The average molecular weight is 389 g/mol. The van der Waals surface area contributed by atoms with Crippen molar-refractivity contribution in [3.05, 3.63) is 35.9 Å². The van der Waals surface area contributed by atoms with Gasteiger partial charge in [-0.15, -0.1) is 0 Å². The van der Waals surface area contributed by atoms with Gasteiger partial charge in [0.1, 0.15) is 6.04 Å². The van der Waals surface area contributed by atoms with Gasteiger partial charge in [-0.05, 0) is 43.7 Å². The van der Waals surface area contributed by atoms with Gasteiger partial charge in [-0.1, -0.05) is 51.8 Å². The maximum Gasteiger partial charge on any atom is 0.329 e. The van der Waals surface area contributed by atoms with Gasteiger partial charge in [0.05, 0.1) is 0 Å². The number of hydrogen-bond donors (Lipinski definition) is 2. The first kappa shape index (κ1) is 21.9. The topological polar surface area (TPSA) is 84.5 Å². The molecule has 28 heavy (non-hydrogen) atoms. The Morgan fingerprint density at radius 2 is 1.68 bits per heavy atom. The lowest BCUT2D eigenvalue weighted by Crippen LogP contribution is -2.49. The molecule has 2 rings (SSSR count). The van der Waals surface area contributed by atoms with Crippen molar-refractivity contribution in [2.75, 3.05) is 0 Å². The molecule has 0 saturated heterocycles. The third-order valence-electron chi connectivity index (χ3n) is 5.34. The van der Waals surface area contributed by atoms with Gasteiger partial charge in [0.15, 0.2) is 6.10 Å². The zero-order valence-corrected chi connectivity index (χ0v) is 17.2. The highest BCUT2D eigenvalue weighted by atomic mass is 16.5. The molecular weight excluding hydrogens is 356 g/mol. The lowest BCUT2D eigenvalue weighted by molar-refractivity contribution is -0.158. The maximum absolute atomic E-state index is 12.6. The molecule has 1 aromatic rings. The van der Waals surface area contributed by atoms with Crippen molar-refractivity contribution in [3.63, 3.8) is 0 Å². The van der Waals surface area contributed by atoms with E-state index in [1.165, 1.54) is 6.42 Å². The number of ether oxygens (including phenoxy) is 1. The molecule has 1 aliphatic carbocycles. The lowest BCUT2D eigenvalue weighted by atomic mass is 9.86. The van der Waals surface area contributed by atoms with Gasteiger partial charge >= 0.3 is 5.97 Å². The molecule has 2 amide bonds. The second kappa shape index (κ2) is 10.2. The van der Waals surface area contributed by atoms with Crippen LogP contribution in [-0.4, -0.2) is 36.0 Å². The van der Waals surface area contributed by atoms with Crippen LogP contribution in [0.4, 0.5) is 0 Å². The van der Waals surface area contributed by atoms with Gasteiger partial charge in [0, 0.05) is 11.6 Å². The number of carbonyl (C=O) groups excluding carboxylic acids is 3. The molecule has 0 aliphatic heterocycles. The molecule has 2 N–H and O–H groups in total. The Kier molecular flexibility index (Phi) is 8.03. The highest BCUT2D eigenvalue weighted by Gasteiger charge is 2.31. The summed E-state index contributed by atoms with van der Waals surface area (Å²) in [5, 5.41) is 5.73. The van der Waals surface area contributed by atoms with Crippen LogP contribution < -0.4 is 10.6 Å². The van der Waals surface area contributed by atoms with Crippen molar-refractivity contribution in [2.24, 2.45) is 11.8 Å². The van der Waals surface area contributed by atoms with Crippen LogP contribution in [-0.2, 0) is 14.3 Å². The predicted octanol–water partition coefficient (Wildman–Crippen LogP) is 3.07. The first-order valence-electron chi connectivity index (χ1n) is 10.2. The summed E-state index contributed by atoms with van der Waals surface area (Å²) < 4.78 is 5.38. The molecule has 154 valence electrons. The van der Waals surface area contributed by atoms with E-state index in [4.69, 9.17) is 4.74 Å². The number of benzene rings is 1. The van der Waals surface area contributed by atoms with Crippen molar-refractivity contribution in [1.82, 2.24) is 10.6 Å². The molecule has 4 atom stereocenters. The summed E-state index contributed by atoms with van der Waals surface area (Å²) in [6, 6.07) is 8.00. The third-order valence-corrected chi connectivity index (χ3v) is 5.34. The molecule has 1 saturated carbocycles. The second-order valence-corrected chi connectivity index (χ2v) is 8.02. The monoisotopic (exact) mass is 388 g/mol. The van der Waals surface area contributed by atoms with Crippen LogP contribution in [0.1, 0.15) is 63.7 Å². The molecule has 0 spiro atoms. The van der Waals surface area contributed by atoms with Crippen molar-refractivity contribution >= 4 is 17.8 Å². The standard InChI is InChI=1S/C22H32N2O4/c1-14(2)19(24-21(26)17-11-6-5-7-12-17)22(27)28-16(4)20(25)23-18-13-9-8-10-15(18)3/h5-7,11-12,14-16,18-19H,8-10,13H2,1-4H3,(H,23,25)(H,24,26). The fourth-order valence-corrected chi connectivity index (χ4v) is 3.44. The Morgan fingerprint density at radius 3 is 2.29 bits per heavy atom. The molecule has 6 heteroatoms. The first-order valence-corrected chi connectivity index (χ1v) is 10.2. The van der Waals surface area contributed by atoms with Crippen LogP contribution in [0, 0.1) is 11.8 Å². The van der Waals surface area contributed by atoms with Gasteiger partial charge in [0.25, 0.3) is 11.8 Å². The quantitative estimate of drug-likeness (QED) is 0.703. The van der Waals surface area contributed by atoms with E-state index in [0.717, 1.165) is 19.3 Å². The zero-order chi connectivity index (χ0) is 20.7. The zero-order valence-electron chi connectivity index (χ0n) is 17.2. The van der Waals surface area contributed by atoms with E-state index in [1.807, 2.05) is 19.9 Å². The number of nitrogens with one attached hydrogen (secondary N) is 2. The molecule has 1 aliphatic rings. The summed E-state index contributed by atoms with van der Waals surface area (Å²) in [5.74, 6) is -0.977. The maximum atomic E-state index is 12.6. The van der Waals surface area contributed by atoms with Gasteiger partial charge in [-0.3, -0.25) is 9.59 Å². The van der Waals surface area contributed by atoms with Crippen molar-refractivity contribution in [1.29, 1.82) is 0 Å². The number of esters is 1. The van der Waals surface area contributed by atoms with Crippen LogP contribution in [0.5, 0.6) is 0 Å². The minimum atomic E-state index is -0.906. The van der Waals surface area contributed by atoms with Gasteiger partial charge in [0.2, 0.25) is 0 Å². The Labute approximate surface area is 167 Å². The summed E-state index contributed by atoms with van der Waals surface area (Å²) in [7, 11) is 0. The Bertz CT molecular complexity index is 674. The van der Waals surface area contributed by atoms with E-state index in [0.29, 0.717) is 11.5 Å². The van der Waals surface area contributed by atoms with E-state index in [2.05, 4.69) is 17.6 Å². The molecule has 0 radical (unpaired) electrons. The highest BCUT2D eigenvalue weighted by molar-refractivity contribution is 5.97. The average Bonchev–Trinajstić information content (AvgIpc) is 2.67. The third kappa shape index (κ3) is 6.08. The Morgan fingerprint density at radius 1 is 1.04 bits per heavy atom. The van der Waals surface area contributed by atoms with E-state index < -0.39 is 18.1 Å². The summed E-state index contributed by atoms with van der Waals surface area (Å²) >= 11 is 0. The van der Waals surface area contributed by atoms with Crippen molar-refractivity contribution < 1.29 is 19.1 Å². The molecule has 1 aromatic carbocycles. The second-order valence-electron chi connectivity index (χ2n) is 8.02. The SMILES string of the molecule is CC(OC(=O)C(NC(=O)c1ccccc1)C(C)C)C(=O)NC1CCCCC1C. The number of rotatable bonds is 7. The smallest absolute Gasteiger partial charge is 0.329 e. The lowest BCUT2D eigenvalue weighted by Gasteiger charge is -2.30. The summed E-state index contributed by atoms with van der Waals surface area (Å²) in [6.07, 6.45) is 3.44. The first-order chi connectivity index (χ1) is 13.3. The van der Waals surface area contributed by atoms with Gasteiger partial charge < -0.3 is 15.4 Å². The van der Waals surface area contributed by atoms with Crippen molar-refractivity contribution in [2.45, 2.75) is 71.6 Å². The molecule has 0 heterocycles.